The van der Waals surface area contributed by atoms with Crippen LogP contribution in [0.2, 0.25) is 0 Å². The predicted molar refractivity (Wildman–Crippen MR) is 36.1 cm³/mol. The Balaban J connectivity index is 2.60. The summed E-state index contributed by atoms with van der Waals surface area (Å²) in [7, 11) is 0. The average Bonchev–Trinajstić information content (AvgIpc) is 1.77. The van der Waals surface area contributed by atoms with Crippen molar-refractivity contribution in [3.63, 3.8) is 0 Å². The molecule has 0 fully saturated rings. The number of ketones is 1. The molecule has 0 bridgehead atoms. The summed E-state index contributed by atoms with van der Waals surface area (Å²) in [6.45, 7) is 0. The zero-order valence-corrected chi connectivity index (χ0v) is 6.02. The Morgan fingerprint density at radius 1 is 1.75 bits per heavy atom. The van der Waals surface area contributed by atoms with E-state index in [0.29, 0.717) is 0 Å². The summed E-state index contributed by atoms with van der Waals surface area (Å²) in [6, 6.07) is 0. The summed E-state index contributed by atoms with van der Waals surface area (Å²) in [5.74, 6) is 0.205. The molecule has 0 aromatic carbocycles. The van der Waals surface area contributed by atoms with Crippen molar-refractivity contribution in [2.75, 3.05) is 0 Å². The minimum atomic E-state index is 0.0903. The van der Waals surface area contributed by atoms with Crippen LogP contribution in [0.15, 0.2) is 12.2 Å². The van der Waals surface area contributed by atoms with E-state index in [1.165, 1.54) is 0 Å². The standard InChI is InChI=1S/C6H7BrO/c7-5-3-1-2-4-6(5)8/h2,4-5H,1,3H2. The van der Waals surface area contributed by atoms with Crippen molar-refractivity contribution < 1.29 is 4.79 Å². The van der Waals surface area contributed by atoms with Crippen molar-refractivity contribution in [2.24, 2.45) is 0 Å². The first-order valence-corrected chi connectivity index (χ1v) is 3.57. The van der Waals surface area contributed by atoms with Crippen LogP contribution in [-0.2, 0) is 4.79 Å². The van der Waals surface area contributed by atoms with Crippen molar-refractivity contribution in [1.82, 2.24) is 0 Å². The van der Waals surface area contributed by atoms with E-state index in [-0.39, 0.29) is 10.6 Å². The largest absolute Gasteiger partial charge is 0.294 e. The number of rotatable bonds is 0. The zero-order chi connectivity index (χ0) is 5.98. The third kappa shape index (κ3) is 1.19. The Kier molecular flexibility index (Phi) is 1.84. The lowest BCUT2D eigenvalue weighted by Crippen LogP contribution is -2.13. The molecule has 0 saturated carbocycles. The maximum Gasteiger partial charge on any atom is 0.168 e. The first kappa shape index (κ1) is 6.02. The normalized spacial score (nSPS) is 28.6. The molecule has 1 aliphatic rings. The number of carbonyl (C=O) groups excluding carboxylic acids is 1. The van der Waals surface area contributed by atoms with Crippen LogP contribution in [0.4, 0.5) is 0 Å². The van der Waals surface area contributed by atoms with E-state index in [1.807, 2.05) is 6.08 Å². The van der Waals surface area contributed by atoms with Gasteiger partial charge in [-0.1, -0.05) is 22.0 Å². The Morgan fingerprint density at radius 2 is 2.50 bits per heavy atom. The molecule has 1 unspecified atom stereocenters. The summed E-state index contributed by atoms with van der Waals surface area (Å²) in [6.07, 6.45) is 5.54. The smallest absolute Gasteiger partial charge is 0.168 e. The number of alkyl halides is 1. The lowest BCUT2D eigenvalue weighted by atomic mass is 10.1. The van der Waals surface area contributed by atoms with Gasteiger partial charge in [0.1, 0.15) is 0 Å². The van der Waals surface area contributed by atoms with E-state index in [2.05, 4.69) is 15.9 Å². The van der Waals surface area contributed by atoms with Gasteiger partial charge >= 0.3 is 0 Å². The highest BCUT2D eigenvalue weighted by Crippen LogP contribution is 2.14. The van der Waals surface area contributed by atoms with Gasteiger partial charge in [0.05, 0.1) is 4.83 Å². The molecule has 0 N–H and O–H groups in total. The molecule has 2 heteroatoms. The second-order valence-corrected chi connectivity index (χ2v) is 2.95. The molecule has 0 amide bonds. The molecule has 0 saturated heterocycles. The van der Waals surface area contributed by atoms with E-state index in [1.54, 1.807) is 6.08 Å². The second-order valence-electron chi connectivity index (χ2n) is 1.85. The van der Waals surface area contributed by atoms with Crippen molar-refractivity contribution in [3.8, 4) is 0 Å². The highest BCUT2D eigenvalue weighted by molar-refractivity contribution is 9.10. The van der Waals surface area contributed by atoms with Crippen LogP contribution in [0, 0.1) is 0 Å². The Morgan fingerprint density at radius 3 is 2.88 bits per heavy atom. The van der Waals surface area contributed by atoms with Gasteiger partial charge < -0.3 is 0 Å². The maximum atomic E-state index is 10.7. The van der Waals surface area contributed by atoms with E-state index in [9.17, 15) is 4.79 Å². The minimum Gasteiger partial charge on any atom is -0.294 e. The molecular formula is C6H7BrO. The van der Waals surface area contributed by atoms with Gasteiger partial charge in [-0.05, 0) is 18.9 Å². The van der Waals surface area contributed by atoms with Gasteiger partial charge in [0.2, 0.25) is 0 Å². The number of hydrogen-bond acceptors (Lipinski definition) is 1. The monoisotopic (exact) mass is 174 g/mol. The minimum absolute atomic E-state index is 0.0903. The van der Waals surface area contributed by atoms with Gasteiger partial charge in [0, 0.05) is 0 Å². The number of carbonyl (C=O) groups is 1. The number of allylic oxidation sites excluding steroid dienone is 2. The van der Waals surface area contributed by atoms with Crippen LogP contribution in [-0.4, -0.2) is 10.6 Å². The fourth-order valence-corrected chi connectivity index (χ4v) is 1.11. The Bertz CT molecular complexity index is 128. The Labute approximate surface area is 56.9 Å². The molecule has 0 aliphatic heterocycles. The van der Waals surface area contributed by atoms with Gasteiger partial charge in [-0.2, -0.15) is 0 Å². The van der Waals surface area contributed by atoms with E-state index in [4.69, 9.17) is 0 Å². The lowest BCUT2D eigenvalue weighted by Gasteiger charge is -2.06. The molecule has 0 spiro atoms. The molecule has 0 heterocycles. The highest BCUT2D eigenvalue weighted by Gasteiger charge is 2.13. The lowest BCUT2D eigenvalue weighted by molar-refractivity contribution is -0.114. The first-order chi connectivity index (χ1) is 3.80. The van der Waals surface area contributed by atoms with Crippen LogP contribution in [0.25, 0.3) is 0 Å². The maximum absolute atomic E-state index is 10.7. The van der Waals surface area contributed by atoms with Crippen LogP contribution in [0.3, 0.4) is 0 Å². The van der Waals surface area contributed by atoms with Crippen LogP contribution < -0.4 is 0 Å². The molecule has 8 heavy (non-hydrogen) atoms. The van der Waals surface area contributed by atoms with Gasteiger partial charge in [-0.15, -0.1) is 0 Å². The summed E-state index contributed by atoms with van der Waals surface area (Å²) in [5, 5.41) is 0. The fraction of sp³-hybridized carbons (Fsp3) is 0.500. The van der Waals surface area contributed by atoms with Crippen LogP contribution >= 0.6 is 15.9 Å². The van der Waals surface area contributed by atoms with E-state index >= 15 is 0 Å². The van der Waals surface area contributed by atoms with E-state index in [0.717, 1.165) is 12.8 Å². The summed E-state index contributed by atoms with van der Waals surface area (Å²) in [5.41, 5.74) is 0. The topological polar surface area (TPSA) is 17.1 Å². The summed E-state index contributed by atoms with van der Waals surface area (Å²) >= 11 is 3.25. The molecular weight excluding hydrogens is 168 g/mol. The van der Waals surface area contributed by atoms with Gasteiger partial charge in [0.15, 0.2) is 5.78 Å². The predicted octanol–water partition coefficient (Wildman–Crippen LogP) is 1.67. The third-order valence-electron chi connectivity index (χ3n) is 1.18. The summed E-state index contributed by atoms with van der Waals surface area (Å²) < 4.78 is 0. The zero-order valence-electron chi connectivity index (χ0n) is 4.43. The first-order valence-electron chi connectivity index (χ1n) is 2.65. The third-order valence-corrected chi connectivity index (χ3v) is 2.09. The van der Waals surface area contributed by atoms with Crippen LogP contribution in [0.5, 0.6) is 0 Å². The van der Waals surface area contributed by atoms with Crippen molar-refractivity contribution in [3.05, 3.63) is 12.2 Å². The molecule has 1 rings (SSSR count). The van der Waals surface area contributed by atoms with Crippen LogP contribution in [0.1, 0.15) is 12.8 Å². The number of halogens is 1. The molecule has 44 valence electrons. The summed E-state index contributed by atoms with van der Waals surface area (Å²) in [4.78, 5) is 10.8. The molecule has 0 aromatic heterocycles. The van der Waals surface area contributed by atoms with Gasteiger partial charge in [-0.25, -0.2) is 0 Å². The van der Waals surface area contributed by atoms with Gasteiger partial charge in [-0.3, -0.25) is 4.79 Å². The SMILES string of the molecule is O=C1C=CCCC1Br. The van der Waals surface area contributed by atoms with Crippen molar-refractivity contribution in [1.29, 1.82) is 0 Å². The molecule has 0 aromatic rings. The quantitative estimate of drug-likeness (QED) is 0.511. The van der Waals surface area contributed by atoms with E-state index < -0.39 is 0 Å². The van der Waals surface area contributed by atoms with Crippen molar-refractivity contribution in [2.45, 2.75) is 17.7 Å². The van der Waals surface area contributed by atoms with Crippen molar-refractivity contribution >= 4 is 21.7 Å². The molecule has 1 aliphatic carbocycles. The molecule has 0 radical (unpaired) electrons. The fourth-order valence-electron chi connectivity index (χ4n) is 0.689. The average molecular weight is 175 g/mol. The number of hydrogen-bond donors (Lipinski definition) is 0. The molecule has 1 nitrogen and oxygen atoms in total. The molecule has 1 atom stereocenters. The van der Waals surface area contributed by atoms with Gasteiger partial charge in [0.25, 0.3) is 0 Å². The highest BCUT2D eigenvalue weighted by atomic mass is 79.9. The Hall–Kier alpha value is -0.110. The second kappa shape index (κ2) is 2.44.